The minimum atomic E-state index is -0.489. The predicted octanol–water partition coefficient (Wildman–Crippen LogP) is 2.18. The summed E-state index contributed by atoms with van der Waals surface area (Å²) in [6.45, 7) is 0. The molecule has 2 rings (SSSR count). The van der Waals surface area contributed by atoms with Gasteiger partial charge in [0.1, 0.15) is 0 Å². The van der Waals surface area contributed by atoms with Gasteiger partial charge in [0, 0.05) is 10.5 Å². The van der Waals surface area contributed by atoms with Gasteiger partial charge in [0.2, 0.25) is 0 Å². The van der Waals surface area contributed by atoms with Crippen molar-refractivity contribution >= 4 is 28.3 Å². The van der Waals surface area contributed by atoms with E-state index < -0.39 is 6.10 Å². The molecule has 0 aliphatic heterocycles. The summed E-state index contributed by atoms with van der Waals surface area (Å²) in [5.41, 5.74) is 7.97. The third kappa shape index (κ3) is 2.11. The summed E-state index contributed by atoms with van der Waals surface area (Å²) < 4.78 is 1.06. The first-order valence-electron chi connectivity index (χ1n) is 4.40. The highest BCUT2D eigenvalue weighted by atomic mass is 79.9. The third-order valence-corrected chi connectivity index (χ3v) is 3.07. The van der Waals surface area contributed by atoms with Gasteiger partial charge in [0.15, 0.2) is 0 Å². The Hall–Kier alpha value is -0.0900. The molecule has 0 heterocycles. The molecule has 1 aromatic carbocycles. The first-order valence-corrected chi connectivity index (χ1v) is 5.20. The van der Waals surface area contributed by atoms with Crippen LogP contribution in [0.25, 0.3) is 0 Å². The summed E-state index contributed by atoms with van der Waals surface area (Å²) >= 11 is 3.41. The lowest BCUT2D eigenvalue weighted by molar-refractivity contribution is 0.134. The molecule has 0 saturated heterocycles. The first-order chi connectivity index (χ1) is 6.18. The average Bonchev–Trinajstić information content (AvgIpc) is 2.12. The van der Waals surface area contributed by atoms with Crippen molar-refractivity contribution in [3.05, 3.63) is 33.8 Å². The van der Waals surface area contributed by atoms with Gasteiger partial charge in [-0.15, -0.1) is 12.4 Å². The van der Waals surface area contributed by atoms with Crippen molar-refractivity contribution in [2.75, 3.05) is 0 Å². The highest BCUT2D eigenvalue weighted by Crippen LogP contribution is 2.30. The predicted molar refractivity (Wildman–Crippen MR) is 62.6 cm³/mol. The second kappa shape index (κ2) is 4.62. The molecule has 0 aromatic heterocycles. The zero-order chi connectivity index (χ0) is 9.42. The van der Waals surface area contributed by atoms with Crippen molar-refractivity contribution in [3.63, 3.8) is 0 Å². The number of halogens is 2. The number of aliphatic hydroxyl groups excluding tert-OH is 1. The van der Waals surface area contributed by atoms with Crippen molar-refractivity contribution in [1.29, 1.82) is 0 Å². The molecule has 0 bridgehead atoms. The molecular formula is C10H13BrClNO. The van der Waals surface area contributed by atoms with Crippen LogP contribution in [0, 0.1) is 0 Å². The molecule has 0 fully saturated rings. The van der Waals surface area contributed by atoms with Crippen LogP contribution in [0.15, 0.2) is 22.7 Å². The number of hydrogen-bond acceptors (Lipinski definition) is 2. The molecule has 1 aromatic rings. The fourth-order valence-electron chi connectivity index (χ4n) is 1.79. The normalized spacial score (nSPS) is 25.1. The van der Waals surface area contributed by atoms with Crippen LogP contribution in [0.4, 0.5) is 0 Å². The summed E-state index contributed by atoms with van der Waals surface area (Å²) in [5.74, 6) is 0. The maximum absolute atomic E-state index is 9.78. The topological polar surface area (TPSA) is 46.2 Å². The number of rotatable bonds is 0. The quantitative estimate of drug-likeness (QED) is 0.764. The van der Waals surface area contributed by atoms with Crippen molar-refractivity contribution in [3.8, 4) is 0 Å². The fraction of sp³-hybridized carbons (Fsp3) is 0.400. The molecule has 0 amide bonds. The van der Waals surface area contributed by atoms with E-state index >= 15 is 0 Å². The van der Waals surface area contributed by atoms with E-state index in [-0.39, 0.29) is 18.4 Å². The number of benzene rings is 1. The van der Waals surface area contributed by atoms with Crippen LogP contribution in [0.1, 0.15) is 23.7 Å². The highest BCUT2D eigenvalue weighted by molar-refractivity contribution is 9.10. The number of aryl methyl sites for hydroxylation is 1. The van der Waals surface area contributed by atoms with E-state index in [1.807, 2.05) is 12.1 Å². The standard InChI is InChI=1S/C10H12BrNO.ClH/c11-7-2-3-8-6(5-7)1-4-9(12)10(8)13;/h2-3,5,9-10,13H,1,4,12H2;1H. The van der Waals surface area contributed by atoms with Crippen LogP contribution in [0.3, 0.4) is 0 Å². The Labute approximate surface area is 98.0 Å². The molecule has 78 valence electrons. The van der Waals surface area contributed by atoms with Crippen molar-refractivity contribution in [2.45, 2.75) is 25.0 Å². The Morgan fingerprint density at radius 1 is 1.43 bits per heavy atom. The van der Waals surface area contributed by atoms with Crippen LogP contribution in [0.2, 0.25) is 0 Å². The number of aliphatic hydroxyl groups is 1. The van der Waals surface area contributed by atoms with Gasteiger partial charge in [-0.25, -0.2) is 0 Å². The van der Waals surface area contributed by atoms with Crippen LogP contribution in [-0.4, -0.2) is 11.1 Å². The summed E-state index contributed by atoms with van der Waals surface area (Å²) in [4.78, 5) is 0. The third-order valence-electron chi connectivity index (χ3n) is 2.58. The van der Waals surface area contributed by atoms with Gasteiger partial charge in [-0.2, -0.15) is 0 Å². The van der Waals surface area contributed by atoms with E-state index in [9.17, 15) is 5.11 Å². The molecule has 0 spiro atoms. The maximum Gasteiger partial charge on any atom is 0.0943 e. The van der Waals surface area contributed by atoms with E-state index in [2.05, 4.69) is 22.0 Å². The zero-order valence-electron chi connectivity index (χ0n) is 7.61. The minimum absolute atomic E-state index is 0. The summed E-state index contributed by atoms with van der Waals surface area (Å²) in [7, 11) is 0. The lowest BCUT2D eigenvalue weighted by atomic mass is 9.86. The van der Waals surface area contributed by atoms with Gasteiger partial charge >= 0.3 is 0 Å². The fourth-order valence-corrected chi connectivity index (χ4v) is 2.20. The van der Waals surface area contributed by atoms with E-state index in [0.717, 1.165) is 22.9 Å². The first kappa shape index (κ1) is 12.0. The Bertz CT molecular complexity index is 332. The highest BCUT2D eigenvalue weighted by Gasteiger charge is 2.24. The smallest absolute Gasteiger partial charge is 0.0943 e. The van der Waals surface area contributed by atoms with Crippen LogP contribution < -0.4 is 5.73 Å². The average molecular weight is 279 g/mol. The Morgan fingerprint density at radius 3 is 2.86 bits per heavy atom. The molecule has 1 aliphatic carbocycles. The molecule has 2 atom stereocenters. The lowest BCUT2D eigenvalue weighted by Gasteiger charge is -2.27. The van der Waals surface area contributed by atoms with Crippen molar-refractivity contribution in [2.24, 2.45) is 5.73 Å². The monoisotopic (exact) mass is 277 g/mol. The van der Waals surface area contributed by atoms with E-state index in [1.54, 1.807) is 0 Å². The van der Waals surface area contributed by atoms with E-state index in [4.69, 9.17) is 5.73 Å². The van der Waals surface area contributed by atoms with Gasteiger partial charge in [0.25, 0.3) is 0 Å². The number of fused-ring (bicyclic) bond motifs is 1. The van der Waals surface area contributed by atoms with Gasteiger partial charge in [-0.05, 0) is 36.1 Å². The Kier molecular flexibility index (Phi) is 3.95. The molecule has 4 heteroatoms. The largest absolute Gasteiger partial charge is 0.387 e. The van der Waals surface area contributed by atoms with Gasteiger partial charge in [0.05, 0.1) is 6.10 Å². The summed E-state index contributed by atoms with van der Waals surface area (Å²) in [6.07, 6.45) is 1.34. The second-order valence-electron chi connectivity index (χ2n) is 3.49. The molecule has 2 nitrogen and oxygen atoms in total. The maximum atomic E-state index is 9.78. The van der Waals surface area contributed by atoms with Crippen LogP contribution in [0.5, 0.6) is 0 Å². The van der Waals surface area contributed by atoms with Crippen LogP contribution in [-0.2, 0) is 6.42 Å². The summed E-state index contributed by atoms with van der Waals surface area (Å²) in [5, 5.41) is 9.78. The number of nitrogens with two attached hydrogens (primary N) is 1. The van der Waals surface area contributed by atoms with Crippen LogP contribution >= 0.6 is 28.3 Å². The Morgan fingerprint density at radius 2 is 2.14 bits per heavy atom. The lowest BCUT2D eigenvalue weighted by Crippen LogP contribution is -2.32. The molecule has 0 radical (unpaired) electrons. The van der Waals surface area contributed by atoms with E-state index in [1.165, 1.54) is 5.56 Å². The molecule has 2 unspecified atom stereocenters. The minimum Gasteiger partial charge on any atom is -0.387 e. The SMILES string of the molecule is Cl.NC1CCc2cc(Br)ccc2C1O. The van der Waals surface area contributed by atoms with Crippen molar-refractivity contribution in [1.82, 2.24) is 0 Å². The molecule has 0 saturated carbocycles. The molecule has 1 aliphatic rings. The zero-order valence-corrected chi connectivity index (χ0v) is 10.0. The molecular weight excluding hydrogens is 265 g/mol. The van der Waals surface area contributed by atoms with Gasteiger partial charge < -0.3 is 10.8 Å². The van der Waals surface area contributed by atoms with Gasteiger partial charge in [-0.1, -0.05) is 22.0 Å². The number of hydrogen-bond donors (Lipinski definition) is 2. The summed E-state index contributed by atoms with van der Waals surface area (Å²) in [6, 6.07) is 5.85. The molecule has 3 N–H and O–H groups in total. The van der Waals surface area contributed by atoms with Crippen molar-refractivity contribution < 1.29 is 5.11 Å². The Balaban J connectivity index is 0.000000980. The molecule has 14 heavy (non-hydrogen) atoms. The van der Waals surface area contributed by atoms with E-state index in [0.29, 0.717) is 0 Å². The second-order valence-corrected chi connectivity index (χ2v) is 4.41. The van der Waals surface area contributed by atoms with Gasteiger partial charge in [-0.3, -0.25) is 0 Å².